The molecule has 2 fully saturated rings. The largest absolute Gasteiger partial charge is 0.490 e. The molecule has 6 nitrogen and oxygen atoms in total. The molecule has 0 amide bonds. The van der Waals surface area contributed by atoms with Crippen molar-refractivity contribution < 1.29 is 24.1 Å². The third-order valence-corrected chi connectivity index (χ3v) is 9.39. The monoisotopic (exact) mass is 525 g/mol. The summed E-state index contributed by atoms with van der Waals surface area (Å²) < 4.78 is 17.7. The Morgan fingerprint density at radius 2 is 2.11 bits per heavy atom. The van der Waals surface area contributed by atoms with Crippen LogP contribution in [-0.2, 0) is 21.3 Å². The average molecular weight is 526 g/mol. The molecule has 1 saturated heterocycles. The highest BCUT2D eigenvalue weighted by Gasteiger charge is 2.45. The number of esters is 1. The molecule has 2 heterocycles. The number of halogens is 1. The van der Waals surface area contributed by atoms with Crippen molar-refractivity contribution in [3.8, 4) is 5.75 Å². The smallest absolute Gasteiger partial charge is 0.337 e. The number of aliphatic hydroxyl groups excluding tert-OH is 1. The Morgan fingerprint density at radius 1 is 1.22 bits per heavy atom. The molecule has 5 atom stereocenters. The third kappa shape index (κ3) is 4.73. The molecular weight excluding hydrogens is 490 g/mol. The zero-order chi connectivity index (χ0) is 25.6. The number of carbonyl (C=O) groups excluding carboxylic acids is 1. The molecule has 1 N–H and O–H groups in total. The summed E-state index contributed by atoms with van der Waals surface area (Å²) in [5, 5.41) is 11.0. The average Bonchev–Trinajstić information content (AvgIpc) is 3.03. The molecule has 2 aliphatic heterocycles. The number of rotatable bonds is 4. The summed E-state index contributed by atoms with van der Waals surface area (Å²) in [5.74, 6) is 1.38. The first kappa shape index (κ1) is 25.0. The van der Waals surface area contributed by atoms with Gasteiger partial charge in [0.15, 0.2) is 0 Å². The molecule has 0 bridgehead atoms. The lowest BCUT2D eigenvalue weighted by Crippen LogP contribution is -2.50. The molecule has 6 rings (SSSR count). The quantitative estimate of drug-likeness (QED) is 0.556. The van der Waals surface area contributed by atoms with Crippen molar-refractivity contribution in [2.24, 2.45) is 11.8 Å². The highest BCUT2D eigenvalue weighted by atomic mass is 35.5. The Hall–Kier alpha value is -2.28. The molecule has 0 radical (unpaired) electrons. The summed E-state index contributed by atoms with van der Waals surface area (Å²) in [6, 6.07) is 11.9. The second-order valence-electron chi connectivity index (χ2n) is 11.4. The van der Waals surface area contributed by atoms with E-state index in [9.17, 15) is 9.90 Å². The van der Waals surface area contributed by atoms with Gasteiger partial charge in [-0.15, -0.1) is 0 Å². The van der Waals surface area contributed by atoms with Gasteiger partial charge in [0.2, 0.25) is 0 Å². The molecule has 2 aromatic rings. The van der Waals surface area contributed by atoms with Crippen LogP contribution in [0.1, 0.15) is 60.0 Å². The first-order valence-electron chi connectivity index (χ1n) is 13.6. The number of methoxy groups -OCH3 is 1. The predicted molar refractivity (Wildman–Crippen MR) is 143 cm³/mol. The number of aryl methyl sites for hydroxylation is 1. The molecule has 2 aliphatic carbocycles. The summed E-state index contributed by atoms with van der Waals surface area (Å²) >= 11 is 6.38. The minimum atomic E-state index is -0.342. The van der Waals surface area contributed by atoms with Gasteiger partial charge >= 0.3 is 5.97 Å². The van der Waals surface area contributed by atoms with E-state index in [0.717, 1.165) is 74.5 Å². The van der Waals surface area contributed by atoms with Gasteiger partial charge in [0.05, 0.1) is 37.2 Å². The Bertz CT molecular complexity index is 1170. The third-order valence-electron chi connectivity index (χ3n) is 9.15. The fourth-order valence-corrected chi connectivity index (χ4v) is 7.26. The molecule has 0 aromatic heterocycles. The number of nitrogens with zero attached hydrogens (tertiary/aromatic N) is 1. The van der Waals surface area contributed by atoms with Crippen molar-refractivity contribution >= 4 is 23.3 Å². The van der Waals surface area contributed by atoms with Crippen LogP contribution in [0.2, 0.25) is 5.02 Å². The molecule has 4 aliphatic rings. The van der Waals surface area contributed by atoms with Gasteiger partial charge in [-0.1, -0.05) is 17.7 Å². The number of anilines is 1. The zero-order valence-corrected chi connectivity index (χ0v) is 22.2. The van der Waals surface area contributed by atoms with Crippen molar-refractivity contribution in [3.05, 3.63) is 58.1 Å². The number of aliphatic hydroxyl groups is 1. The number of ether oxygens (including phenoxy) is 3. The molecule has 0 unspecified atom stereocenters. The normalized spacial score (nSPS) is 30.9. The maximum atomic E-state index is 12.4. The van der Waals surface area contributed by atoms with Crippen LogP contribution >= 0.6 is 11.6 Å². The lowest BCUT2D eigenvalue weighted by molar-refractivity contribution is -0.101. The minimum Gasteiger partial charge on any atom is -0.490 e. The van der Waals surface area contributed by atoms with E-state index in [1.807, 2.05) is 18.2 Å². The van der Waals surface area contributed by atoms with E-state index in [4.69, 9.17) is 25.8 Å². The predicted octanol–water partition coefficient (Wildman–Crippen LogP) is 5.17. The molecule has 1 spiro atoms. The molecule has 1 saturated carbocycles. The van der Waals surface area contributed by atoms with Gasteiger partial charge in [0.1, 0.15) is 5.75 Å². The summed E-state index contributed by atoms with van der Waals surface area (Å²) in [7, 11) is 1.42. The van der Waals surface area contributed by atoms with Crippen molar-refractivity contribution in [3.63, 3.8) is 0 Å². The highest BCUT2D eigenvalue weighted by molar-refractivity contribution is 6.30. The highest BCUT2D eigenvalue weighted by Crippen LogP contribution is 2.47. The summed E-state index contributed by atoms with van der Waals surface area (Å²) in [4.78, 5) is 14.9. The van der Waals surface area contributed by atoms with E-state index in [-0.39, 0.29) is 23.6 Å². The van der Waals surface area contributed by atoms with Crippen LogP contribution < -0.4 is 9.64 Å². The first-order valence-corrected chi connectivity index (χ1v) is 14.0. The Labute approximate surface area is 223 Å². The number of hydrogen-bond acceptors (Lipinski definition) is 6. The van der Waals surface area contributed by atoms with Gasteiger partial charge in [-0.25, -0.2) is 4.79 Å². The first-order chi connectivity index (χ1) is 18.0. The number of hydrogen-bond donors (Lipinski definition) is 1. The van der Waals surface area contributed by atoms with Crippen LogP contribution in [0.4, 0.5) is 5.69 Å². The van der Waals surface area contributed by atoms with Crippen molar-refractivity contribution in [1.82, 2.24) is 0 Å². The van der Waals surface area contributed by atoms with Crippen LogP contribution in [0.3, 0.4) is 0 Å². The fourth-order valence-electron chi connectivity index (χ4n) is 7.06. The van der Waals surface area contributed by atoms with Crippen LogP contribution in [0.5, 0.6) is 5.75 Å². The van der Waals surface area contributed by atoms with Crippen LogP contribution in [0, 0.1) is 11.8 Å². The standard InChI is InChI=1S/C30H36ClNO5/c1-35-29(34)20-5-9-27-26(14-20)32(16-21-4-7-24(21)28-15-23(33)10-12-36-28)17-30(18-37-27)11-2-3-19-13-22(31)6-8-25(19)30/h5-6,8-9,13-14,21,23-24,28,33H,2-4,7,10-12,15-18H2,1H3/t21-,23+,24+,28+,30-/m0/s1. The number of carbonyl (C=O) groups is 1. The van der Waals surface area contributed by atoms with Crippen molar-refractivity contribution in [2.75, 3.05) is 38.3 Å². The van der Waals surface area contributed by atoms with Gasteiger partial charge in [0.25, 0.3) is 0 Å². The van der Waals surface area contributed by atoms with E-state index in [0.29, 0.717) is 30.6 Å². The number of fused-ring (bicyclic) bond motifs is 3. The Balaban J connectivity index is 1.35. The Kier molecular flexibility index (Phi) is 6.85. The summed E-state index contributed by atoms with van der Waals surface area (Å²) in [6.07, 6.45) is 6.76. The minimum absolute atomic E-state index is 0.123. The SMILES string of the molecule is COC(=O)c1ccc2c(c1)N(C[C@@H]1CC[C@H]1[C@H]1C[C@H](O)CCO1)C[C@@]1(CCCc3cc(Cl)ccc31)CO2. The van der Waals surface area contributed by atoms with Crippen LogP contribution in [0.25, 0.3) is 0 Å². The van der Waals surface area contributed by atoms with E-state index < -0.39 is 0 Å². The zero-order valence-electron chi connectivity index (χ0n) is 21.5. The number of benzene rings is 2. The lowest BCUT2D eigenvalue weighted by Gasteiger charge is -2.47. The van der Waals surface area contributed by atoms with E-state index in [1.165, 1.54) is 18.2 Å². The molecule has 7 heteroatoms. The Morgan fingerprint density at radius 3 is 2.89 bits per heavy atom. The molecule has 2 aromatic carbocycles. The fraction of sp³-hybridized carbons (Fsp3) is 0.567. The van der Waals surface area contributed by atoms with Crippen molar-refractivity contribution in [2.45, 2.75) is 62.6 Å². The lowest BCUT2D eigenvalue weighted by atomic mass is 9.67. The maximum absolute atomic E-state index is 12.4. The molecule has 37 heavy (non-hydrogen) atoms. The topological polar surface area (TPSA) is 68.2 Å². The van der Waals surface area contributed by atoms with Crippen LogP contribution in [0.15, 0.2) is 36.4 Å². The van der Waals surface area contributed by atoms with E-state index >= 15 is 0 Å². The van der Waals surface area contributed by atoms with Gasteiger partial charge in [-0.2, -0.15) is 0 Å². The maximum Gasteiger partial charge on any atom is 0.337 e. The van der Waals surface area contributed by atoms with Crippen LogP contribution in [-0.4, -0.2) is 56.7 Å². The van der Waals surface area contributed by atoms with Gasteiger partial charge in [-0.3, -0.25) is 0 Å². The second kappa shape index (κ2) is 10.1. The van der Waals surface area contributed by atoms with E-state index in [2.05, 4.69) is 17.0 Å². The molecular formula is C30H36ClNO5. The molecule has 198 valence electrons. The summed E-state index contributed by atoms with van der Waals surface area (Å²) in [5.41, 5.74) is 3.98. The van der Waals surface area contributed by atoms with Gasteiger partial charge < -0.3 is 24.2 Å². The van der Waals surface area contributed by atoms with Gasteiger partial charge in [0, 0.05) is 30.1 Å². The van der Waals surface area contributed by atoms with Crippen molar-refractivity contribution in [1.29, 1.82) is 0 Å². The summed E-state index contributed by atoms with van der Waals surface area (Å²) in [6.45, 7) is 2.91. The van der Waals surface area contributed by atoms with Gasteiger partial charge in [-0.05, 0) is 98.2 Å². The van der Waals surface area contributed by atoms with E-state index in [1.54, 1.807) is 6.07 Å². The second-order valence-corrected chi connectivity index (χ2v) is 11.8.